The molecule has 5 nitrogen and oxygen atoms in total. The molecule has 0 aromatic heterocycles. The number of primary sulfonamides is 1. The van der Waals surface area contributed by atoms with E-state index in [1.54, 1.807) is 6.92 Å². The molecule has 1 aromatic rings. The molecule has 1 fully saturated rings. The van der Waals surface area contributed by atoms with Gasteiger partial charge in [-0.05, 0) is 37.0 Å². The molecule has 0 aliphatic heterocycles. The van der Waals surface area contributed by atoms with Crippen molar-refractivity contribution in [2.24, 2.45) is 11.1 Å². The van der Waals surface area contributed by atoms with Gasteiger partial charge in [0.05, 0.1) is 17.1 Å². The summed E-state index contributed by atoms with van der Waals surface area (Å²) in [6, 6.07) is 2.43. The summed E-state index contributed by atoms with van der Waals surface area (Å²) in [5.74, 6) is 0.0822. The van der Waals surface area contributed by atoms with Crippen LogP contribution >= 0.6 is 11.6 Å². The van der Waals surface area contributed by atoms with Crippen LogP contribution in [0.2, 0.25) is 5.02 Å². The molecule has 0 atom stereocenters. The molecule has 1 aliphatic carbocycles. The van der Waals surface area contributed by atoms with Crippen molar-refractivity contribution in [2.75, 3.05) is 6.61 Å². The molecule has 110 valence electrons. The molecule has 0 amide bonds. The normalized spacial score (nSPS) is 15.2. The molecule has 0 saturated heterocycles. The monoisotopic (exact) mass is 317 g/mol. The summed E-state index contributed by atoms with van der Waals surface area (Å²) < 4.78 is 27.8. The minimum absolute atomic E-state index is 0.136. The number of carbonyl (C=O) groups is 1. The van der Waals surface area contributed by atoms with E-state index in [-0.39, 0.29) is 15.5 Å². The van der Waals surface area contributed by atoms with E-state index in [4.69, 9.17) is 21.5 Å². The summed E-state index contributed by atoms with van der Waals surface area (Å²) in [6.45, 7) is 1.97. The van der Waals surface area contributed by atoms with Gasteiger partial charge in [0, 0.05) is 5.02 Å². The summed E-state index contributed by atoms with van der Waals surface area (Å²) in [4.78, 5) is 11.8. The number of benzene rings is 1. The van der Waals surface area contributed by atoms with Crippen molar-refractivity contribution in [3.8, 4) is 0 Å². The third kappa shape index (κ3) is 3.71. The topological polar surface area (TPSA) is 86.5 Å². The summed E-state index contributed by atoms with van der Waals surface area (Å²) >= 11 is 5.94. The van der Waals surface area contributed by atoms with Crippen LogP contribution in [0.5, 0.6) is 0 Å². The first-order valence-corrected chi connectivity index (χ1v) is 8.21. The molecule has 0 heterocycles. The van der Waals surface area contributed by atoms with Crippen molar-refractivity contribution in [3.63, 3.8) is 0 Å². The molecule has 7 heteroatoms. The van der Waals surface area contributed by atoms with Crippen molar-refractivity contribution in [1.29, 1.82) is 0 Å². The Bertz CT molecular complexity index is 638. The van der Waals surface area contributed by atoms with Crippen molar-refractivity contribution >= 4 is 27.6 Å². The Morgan fingerprint density at radius 1 is 1.45 bits per heavy atom. The molecule has 0 radical (unpaired) electrons. The Morgan fingerprint density at radius 3 is 2.65 bits per heavy atom. The number of ether oxygens (including phenoxy) is 1. The van der Waals surface area contributed by atoms with Gasteiger partial charge in [0.25, 0.3) is 0 Å². The third-order valence-electron chi connectivity index (χ3n) is 3.32. The molecule has 1 saturated carbocycles. The van der Waals surface area contributed by atoms with Gasteiger partial charge in [-0.1, -0.05) is 24.4 Å². The second kappa shape index (κ2) is 5.71. The van der Waals surface area contributed by atoms with Crippen LogP contribution < -0.4 is 5.14 Å². The van der Waals surface area contributed by atoms with Crippen LogP contribution in [0.1, 0.15) is 35.2 Å². The maximum atomic E-state index is 12.0. The van der Waals surface area contributed by atoms with Gasteiger partial charge in [-0.2, -0.15) is 0 Å². The Hall–Kier alpha value is -1.11. The van der Waals surface area contributed by atoms with Gasteiger partial charge in [0.2, 0.25) is 10.0 Å². The number of hydrogen-bond acceptors (Lipinski definition) is 4. The Kier molecular flexibility index (Phi) is 4.36. The number of esters is 1. The molecule has 0 unspecified atom stereocenters. The zero-order valence-electron chi connectivity index (χ0n) is 11.1. The first kappa shape index (κ1) is 15.3. The van der Waals surface area contributed by atoms with E-state index >= 15 is 0 Å². The second-order valence-electron chi connectivity index (χ2n) is 4.99. The SMILES string of the molecule is Cc1c(Cl)cc(S(N)(=O)=O)cc1C(=O)OCCC1CC1. The van der Waals surface area contributed by atoms with E-state index in [1.165, 1.54) is 25.0 Å². The summed E-state index contributed by atoms with van der Waals surface area (Å²) in [6.07, 6.45) is 3.21. The van der Waals surface area contributed by atoms with Crippen LogP contribution in [0, 0.1) is 12.8 Å². The van der Waals surface area contributed by atoms with E-state index in [0.717, 1.165) is 6.42 Å². The van der Waals surface area contributed by atoms with Crippen LogP contribution in [0.15, 0.2) is 17.0 Å². The predicted octanol–water partition coefficient (Wildman–Crippen LogP) is 2.25. The fourth-order valence-electron chi connectivity index (χ4n) is 1.83. The fraction of sp³-hybridized carbons (Fsp3) is 0.462. The zero-order valence-corrected chi connectivity index (χ0v) is 12.6. The standard InChI is InChI=1S/C13H16ClNO4S/c1-8-11(13(16)19-5-4-9-2-3-9)6-10(7-12(8)14)20(15,17)18/h6-7,9H,2-5H2,1H3,(H2,15,17,18). The second-order valence-corrected chi connectivity index (χ2v) is 6.96. The number of carbonyl (C=O) groups excluding carboxylic acids is 1. The van der Waals surface area contributed by atoms with Gasteiger partial charge in [0.1, 0.15) is 0 Å². The Balaban J connectivity index is 2.20. The summed E-state index contributed by atoms with van der Waals surface area (Å²) in [5, 5.41) is 5.23. The zero-order chi connectivity index (χ0) is 14.9. The molecule has 2 rings (SSSR count). The number of hydrogen-bond donors (Lipinski definition) is 1. The first-order chi connectivity index (χ1) is 9.29. The Labute approximate surface area is 123 Å². The lowest BCUT2D eigenvalue weighted by atomic mass is 10.1. The largest absolute Gasteiger partial charge is 0.462 e. The summed E-state index contributed by atoms with van der Waals surface area (Å²) in [5.41, 5.74) is 0.618. The van der Waals surface area contributed by atoms with Gasteiger partial charge in [-0.3, -0.25) is 0 Å². The van der Waals surface area contributed by atoms with E-state index in [0.29, 0.717) is 18.1 Å². The van der Waals surface area contributed by atoms with E-state index < -0.39 is 16.0 Å². The lowest BCUT2D eigenvalue weighted by molar-refractivity contribution is 0.0494. The van der Waals surface area contributed by atoms with Crippen LogP contribution in [0.4, 0.5) is 0 Å². The van der Waals surface area contributed by atoms with Gasteiger partial charge < -0.3 is 4.74 Å². The first-order valence-electron chi connectivity index (χ1n) is 6.29. The highest BCUT2D eigenvalue weighted by molar-refractivity contribution is 7.89. The van der Waals surface area contributed by atoms with Crippen molar-refractivity contribution in [2.45, 2.75) is 31.1 Å². The van der Waals surface area contributed by atoms with Crippen molar-refractivity contribution in [3.05, 3.63) is 28.3 Å². The lowest BCUT2D eigenvalue weighted by Gasteiger charge is -2.10. The molecule has 1 aromatic carbocycles. The minimum Gasteiger partial charge on any atom is -0.462 e. The van der Waals surface area contributed by atoms with E-state index in [9.17, 15) is 13.2 Å². The third-order valence-corrected chi connectivity index (χ3v) is 4.61. The average Bonchev–Trinajstić information content (AvgIpc) is 3.15. The molecular formula is C13H16ClNO4S. The number of rotatable bonds is 5. The van der Waals surface area contributed by atoms with Gasteiger partial charge in [-0.15, -0.1) is 0 Å². The molecule has 1 aliphatic rings. The fourth-order valence-corrected chi connectivity index (χ4v) is 2.68. The van der Waals surface area contributed by atoms with Crippen LogP contribution in [-0.4, -0.2) is 21.0 Å². The average molecular weight is 318 g/mol. The van der Waals surface area contributed by atoms with Gasteiger partial charge >= 0.3 is 5.97 Å². The van der Waals surface area contributed by atoms with E-state index in [2.05, 4.69) is 0 Å². The summed E-state index contributed by atoms with van der Waals surface area (Å²) in [7, 11) is -3.91. The molecular weight excluding hydrogens is 302 g/mol. The molecule has 2 N–H and O–H groups in total. The number of halogens is 1. The highest BCUT2D eigenvalue weighted by atomic mass is 35.5. The van der Waals surface area contributed by atoms with Gasteiger partial charge in [0.15, 0.2) is 0 Å². The molecule has 0 bridgehead atoms. The number of sulfonamides is 1. The minimum atomic E-state index is -3.91. The molecule has 20 heavy (non-hydrogen) atoms. The Morgan fingerprint density at radius 2 is 2.10 bits per heavy atom. The highest BCUT2D eigenvalue weighted by Crippen LogP contribution is 2.32. The lowest BCUT2D eigenvalue weighted by Crippen LogP contribution is -2.15. The van der Waals surface area contributed by atoms with Crippen molar-refractivity contribution < 1.29 is 17.9 Å². The number of nitrogens with two attached hydrogens (primary N) is 1. The quantitative estimate of drug-likeness (QED) is 0.844. The molecule has 0 spiro atoms. The van der Waals surface area contributed by atoms with E-state index in [1.807, 2.05) is 0 Å². The highest BCUT2D eigenvalue weighted by Gasteiger charge is 2.22. The smallest absolute Gasteiger partial charge is 0.338 e. The van der Waals surface area contributed by atoms with Crippen molar-refractivity contribution in [1.82, 2.24) is 0 Å². The van der Waals surface area contributed by atoms with Crippen LogP contribution in [-0.2, 0) is 14.8 Å². The van der Waals surface area contributed by atoms with Crippen LogP contribution in [0.3, 0.4) is 0 Å². The predicted molar refractivity (Wildman–Crippen MR) is 75.2 cm³/mol. The maximum absolute atomic E-state index is 12.0. The maximum Gasteiger partial charge on any atom is 0.338 e. The van der Waals surface area contributed by atoms with Gasteiger partial charge in [-0.25, -0.2) is 18.4 Å². The van der Waals surface area contributed by atoms with Crippen LogP contribution in [0.25, 0.3) is 0 Å².